The van der Waals surface area contributed by atoms with Crippen molar-refractivity contribution in [2.75, 3.05) is 5.75 Å². The van der Waals surface area contributed by atoms with Crippen LogP contribution >= 0.6 is 0 Å². The Balaban J connectivity index is 1.91. The topological polar surface area (TPSA) is 89.3 Å². The number of rotatable bonds is 2. The number of hydrogen-bond donors (Lipinski definition) is 2. The molecule has 1 heterocycles. The first-order valence-corrected chi connectivity index (χ1v) is 7.66. The number of nitrogens with one attached hydrogen (secondary N) is 1. The van der Waals surface area contributed by atoms with Crippen LogP contribution in [0.15, 0.2) is 11.5 Å². The van der Waals surface area contributed by atoms with Crippen molar-refractivity contribution in [3.05, 3.63) is 11.5 Å². The maximum absolute atomic E-state index is 12.0. The van der Waals surface area contributed by atoms with Crippen LogP contribution in [0.25, 0.3) is 0 Å². The predicted molar refractivity (Wildman–Crippen MR) is 64.8 cm³/mol. The summed E-state index contributed by atoms with van der Waals surface area (Å²) in [7, 11) is -3.11. The Labute approximate surface area is 101 Å². The van der Waals surface area contributed by atoms with E-state index in [0.717, 1.165) is 25.7 Å². The second kappa shape index (κ2) is 4.78. The highest BCUT2D eigenvalue weighted by molar-refractivity contribution is 7.94. The van der Waals surface area contributed by atoms with Crippen LogP contribution in [0.2, 0.25) is 0 Å². The maximum atomic E-state index is 12.0. The molecular weight excluding hydrogens is 240 g/mol. The summed E-state index contributed by atoms with van der Waals surface area (Å²) < 4.78 is 22.4. The molecule has 1 amide bonds. The number of carbonyl (C=O) groups excluding carboxylic acids is 1. The zero-order chi connectivity index (χ0) is 12.5. The maximum Gasteiger partial charge on any atom is 0.225 e. The lowest BCUT2D eigenvalue weighted by Gasteiger charge is -2.28. The molecule has 2 rings (SSSR count). The van der Waals surface area contributed by atoms with Crippen molar-refractivity contribution in [2.24, 2.45) is 11.7 Å². The molecule has 0 saturated heterocycles. The third-order valence-corrected chi connectivity index (χ3v) is 4.81. The molecule has 17 heavy (non-hydrogen) atoms. The molecule has 2 aliphatic rings. The Morgan fingerprint density at radius 1 is 1.29 bits per heavy atom. The average Bonchev–Trinajstić information content (AvgIpc) is 2.58. The van der Waals surface area contributed by atoms with Crippen LogP contribution in [0.4, 0.5) is 0 Å². The molecule has 6 heteroatoms. The lowest BCUT2D eigenvalue weighted by Crippen LogP contribution is -2.47. The minimum atomic E-state index is -3.11. The fourth-order valence-electron chi connectivity index (χ4n) is 2.44. The molecule has 96 valence electrons. The van der Waals surface area contributed by atoms with Crippen molar-refractivity contribution in [3.63, 3.8) is 0 Å². The third kappa shape index (κ3) is 3.07. The van der Waals surface area contributed by atoms with E-state index in [0.29, 0.717) is 0 Å². The van der Waals surface area contributed by atoms with Gasteiger partial charge in [0.25, 0.3) is 0 Å². The summed E-state index contributed by atoms with van der Waals surface area (Å²) in [5.74, 6) is -0.301. The van der Waals surface area contributed by atoms with Crippen LogP contribution < -0.4 is 11.1 Å². The van der Waals surface area contributed by atoms with E-state index in [1.165, 1.54) is 11.5 Å². The van der Waals surface area contributed by atoms with Crippen LogP contribution in [-0.2, 0) is 14.6 Å². The quantitative estimate of drug-likeness (QED) is 0.725. The Bertz CT molecular complexity index is 430. The van der Waals surface area contributed by atoms with Crippen molar-refractivity contribution in [2.45, 2.75) is 37.8 Å². The predicted octanol–water partition coefficient (Wildman–Crippen LogP) is -0.0692. The summed E-state index contributed by atoms with van der Waals surface area (Å²) in [6.07, 6.45) is 5.29. The van der Waals surface area contributed by atoms with E-state index < -0.39 is 9.84 Å². The van der Waals surface area contributed by atoms with Crippen molar-refractivity contribution in [1.82, 2.24) is 5.32 Å². The van der Waals surface area contributed by atoms with E-state index in [9.17, 15) is 13.2 Å². The number of carbonyl (C=O) groups is 1. The van der Waals surface area contributed by atoms with Gasteiger partial charge in [0.2, 0.25) is 5.91 Å². The molecule has 0 spiro atoms. The molecular formula is C11H18N2O3S. The van der Waals surface area contributed by atoms with Gasteiger partial charge in [-0.15, -0.1) is 0 Å². The number of sulfone groups is 1. The zero-order valence-electron chi connectivity index (χ0n) is 9.63. The van der Waals surface area contributed by atoms with Crippen LogP contribution in [0.5, 0.6) is 0 Å². The van der Waals surface area contributed by atoms with E-state index in [1.807, 2.05) is 0 Å². The van der Waals surface area contributed by atoms with Gasteiger partial charge in [0, 0.05) is 11.4 Å². The monoisotopic (exact) mass is 258 g/mol. The van der Waals surface area contributed by atoms with Gasteiger partial charge in [-0.3, -0.25) is 4.79 Å². The van der Waals surface area contributed by atoms with E-state index in [2.05, 4.69) is 5.32 Å². The van der Waals surface area contributed by atoms with Crippen molar-refractivity contribution < 1.29 is 13.2 Å². The molecule has 0 aromatic rings. The smallest absolute Gasteiger partial charge is 0.225 e. The van der Waals surface area contributed by atoms with Crippen LogP contribution in [0.3, 0.4) is 0 Å². The fourth-order valence-corrected chi connectivity index (χ4v) is 3.68. The van der Waals surface area contributed by atoms with Gasteiger partial charge >= 0.3 is 0 Å². The molecule has 3 atom stereocenters. The summed E-state index contributed by atoms with van der Waals surface area (Å²) in [5, 5.41) is 3.92. The first-order chi connectivity index (χ1) is 7.98. The first-order valence-electron chi connectivity index (χ1n) is 5.95. The lowest BCUT2D eigenvalue weighted by atomic mass is 9.84. The molecule has 1 saturated carbocycles. The Morgan fingerprint density at radius 3 is 2.59 bits per heavy atom. The van der Waals surface area contributed by atoms with Gasteiger partial charge in [-0.2, -0.15) is 0 Å². The first kappa shape index (κ1) is 12.6. The van der Waals surface area contributed by atoms with Crippen LogP contribution in [-0.4, -0.2) is 32.2 Å². The minimum absolute atomic E-state index is 0.0271. The molecule has 3 N–H and O–H groups in total. The van der Waals surface area contributed by atoms with Crippen LogP contribution in [0.1, 0.15) is 25.7 Å². The van der Waals surface area contributed by atoms with Crippen molar-refractivity contribution >= 4 is 15.7 Å². The van der Waals surface area contributed by atoms with Gasteiger partial charge in [0.05, 0.1) is 17.7 Å². The Kier molecular flexibility index (Phi) is 3.53. The normalized spacial score (nSPS) is 35.7. The largest absolute Gasteiger partial charge is 0.349 e. The number of hydrogen-bond acceptors (Lipinski definition) is 4. The van der Waals surface area contributed by atoms with Gasteiger partial charge in [-0.05, 0) is 18.9 Å². The second-order valence-electron chi connectivity index (χ2n) is 4.83. The molecule has 0 aromatic heterocycles. The SMILES string of the molecule is NC1CCCCC1C(=O)NC1C=CS(=O)(=O)C1. The van der Waals surface area contributed by atoms with Gasteiger partial charge < -0.3 is 11.1 Å². The zero-order valence-corrected chi connectivity index (χ0v) is 10.4. The fraction of sp³-hybridized carbons (Fsp3) is 0.727. The average molecular weight is 258 g/mol. The van der Waals surface area contributed by atoms with Gasteiger partial charge in [0.1, 0.15) is 0 Å². The minimum Gasteiger partial charge on any atom is -0.349 e. The number of nitrogens with two attached hydrogens (primary N) is 1. The molecule has 1 fully saturated rings. The summed E-state index contributed by atoms with van der Waals surface area (Å²) in [6.45, 7) is 0. The molecule has 1 aliphatic carbocycles. The molecule has 5 nitrogen and oxygen atoms in total. The van der Waals surface area contributed by atoms with Gasteiger partial charge in [0.15, 0.2) is 9.84 Å². The van der Waals surface area contributed by atoms with Gasteiger partial charge in [-0.25, -0.2) is 8.42 Å². The van der Waals surface area contributed by atoms with Crippen molar-refractivity contribution in [1.29, 1.82) is 0 Å². The molecule has 0 bridgehead atoms. The number of amides is 1. The molecule has 0 aromatic carbocycles. The Hall–Kier alpha value is -0.880. The van der Waals surface area contributed by atoms with E-state index in [4.69, 9.17) is 5.73 Å². The van der Waals surface area contributed by atoms with E-state index >= 15 is 0 Å². The highest BCUT2D eigenvalue weighted by atomic mass is 32.2. The van der Waals surface area contributed by atoms with Crippen molar-refractivity contribution in [3.8, 4) is 0 Å². The van der Waals surface area contributed by atoms with Gasteiger partial charge in [-0.1, -0.05) is 12.8 Å². The molecule has 3 unspecified atom stereocenters. The summed E-state index contributed by atoms with van der Waals surface area (Å²) in [4.78, 5) is 12.0. The summed E-state index contributed by atoms with van der Waals surface area (Å²) >= 11 is 0. The third-order valence-electron chi connectivity index (χ3n) is 3.41. The highest BCUT2D eigenvalue weighted by Gasteiger charge is 2.31. The summed E-state index contributed by atoms with van der Waals surface area (Å²) in [6, 6.07) is -0.479. The highest BCUT2D eigenvalue weighted by Crippen LogP contribution is 2.23. The van der Waals surface area contributed by atoms with E-state index in [1.54, 1.807) is 0 Å². The summed E-state index contributed by atoms with van der Waals surface area (Å²) in [5.41, 5.74) is 5.91. The second-order valence-corrected chi connectivity index (χ2v) is 6.76. The van der Waals surface area contributed by atoms with Crippen LogP contribution in [0, 0.1) is 5.92 Å². The lowest BCUT2D eigenvalue weighted by molar-refractivity contribution is -0.126. The molecule has 0 radical (unpaired) electrons. The Morgan fingerprint density at radius 2 is 2.00 bits per heavy atom. The molecule has 1 aliphatic heterocycles. The van der Waals surface area contributed by atoms with E-state index in [-0.39, 0.29) is 29.7 Å². The standard InChI is InChI=1S/C11H18N2O3S/c12-10-4-2-1-3-9(10)11(14)13-8-5-6-17(15,16)7-8/h5-6,8-10H,1-4,7,12H2,(H,13,14).